The number of carbonyl (C=O) groups is 1. The summed E-state index contributed by atoms with van der Waals surface area (Å²) in [4.78, 5) is 10.8. The molecule has 1 aromatic rings. The molecule has 0 heterocycles. The number of benzene rings is 1. The minimum absolute atomic E-state index is 0.135. The third kappa shape index (κ3) is 3.90. The lowest BCUT2D eigenvalue weighted by Gasteiger charge is -2.12. The van der Waals surface area contributed by atoms with Gasteiger partial charge in [-0.1, -0.05) is 12.1 Å². The third-order valence-corrected chi connectivity index (χ3v) is 2.19. The number of primary amides is 1. The predicted molar refractivity (Wildman–Crippen MR) is 63.1 cm³/mol. The highest BCUT2D eigenvalue weighted by Gasteiger charge is 2.09. The minimum atomic E-state index is -0.612. The lowest BCUT2D eigenvalue weighted by molar-refractivity contribution is -0.123. The van der Waals surface area contributed by atoms with Crippen LogP contribution in [0, 0.1) is 0 Å². The van der Waals surface area contributed by atoms with Crippen LogP contribution in [0.4, 0.5) is 0 Å². The molecule has 1 aromatic carbocycles. The molecule has 0 aliphatic heterocycles. The Morgan fingerprint density at radius 2 is 1.88 bits per heavy atom. The van der Waals surface area contributed by atoms with Crippen LogP contribution in [0.15, 0.2) is 24.3 Å². The molecular weight excluding hydrogens is 204 g/mol. The molecule has 0 saturated heterocycles. The van der Waals surface area contributed by atoms with Crippen LogP contribution in [0.1, 0.15) is 19.4 Å². The van der Waals surface area contributed by atoms with E-state index in [9.17, 15) is 4.79 Å². The fraction of sp³-hybridized carbons (Fsp3) is 0.417. The Hall–Kier alpha value is -1.55. The SMILES string of the molecule is CC(N)Cc1ccc(OC(C)C(N)=O)cc1. The first kappa shape index (κ1) is 12.5. The molecule has 2 atom stereocenters. The topological polar surface area (TPSA) is 78.3 Å². The van der Waals surface area contributed by atoms with Crippen LogP contribution in [0.5, 0.6) is 5.75 Å². The van der Waals surface area contributed by atoms with E-state index in [1.165, 1.54) is 0 Å². The van der Waals surface area contributed by atoms with E-state index >= 15 is 0 Å². The summed E-state index contributed by atoms with van der Waals surface area (Å²) < 4.78 is 5.33. The largest absolute Gasteiger partial charge is 0.481 e. The third-order valence-electron chi connectivity index (χ3n) is 2.19. The molecule has 0 saturated carbocycles. The molecule has 0 fully saturated rings. The summed E-state index contributed by atoms with van der Waals surface area (Å²) >= 11 is 0. The van der Waals surface area contributed by atoms with Gasteiger partial charge in [0.1, 0.15) is 5.75 Å². The lowest BCUT2D eigenvalue weighted by Crippen LogP contribution is -2.30. The van der Waals surface area contributed by atoms with Crippen molar-refractivity contribution in [3.63, 3.8) is 0 Å². The molecule has 2 unspecified atom stereocenters. The van der Waals surface area contributed by atoms with Crippen molar-refractivity contribution in [1.29, 1.82) is 0 Å². The number of nitrogens with two attached hydrogens (primary N) is 2. The summed E-state index contributed by atoms with van der Waals surface area (Å²) in [7, 11) is 0. The van der Waals surface area contributed by atoms with Crippen LogP contribution < -0.4 is 16.2 Å². The first-order valence-corrected chi connectivity index (χ1v) is 5.29. The predicted octanol–water partition coefficient (Wildman–Crippen LogP) is 0.829. The molecule has 16 heavy (non-hydrogen) atoms. The standard InChI is InChI=1S/C12H18N2O2/c1-8(13)7-10-3-5-11(6-4-10)16-9(2)12(14)15/h3-6,8-9H,7,13H2,1-2H3,(H2,14,15). The van der Waals surface area contributed by atoms with Crippen LogP contribution in [0.3, 0.4) is 0 Å². The van der Waals surface area contributed by atoms with E-state index in [0.29, 0.717) is 5.75 Å². The summed E-state index contributed by atoms with van der Waals surface area (Å²) in [5.74, 6) is 0.166. The highest BCUT2D eigenvalue weighted by Crippen LogP contribution is 2.14. The van der Waals surface area contributed by atoms with Crippen molar-refractivity contribution < 1.29 is 9.53 Å². The smallest absolute Gasteiger partial charge is 0.258 e. The molecule has 0 aliphatic carbocycles. The Kier molecular flexibility index (Phi) is 4.31. The first-order chi connectivity index (χ1) is 7.49. The number of ether oxygens (including phenoxy) is 1. The van der Waals surface area contributed by atoms with Gasteiger partial charge in [-0.2, -0.15) is 0 Å². The van der Waals surface area contributed by atoms with Crippen molar-refractivity contribution in [2.45, 2.75) is 32.4 Å². The van der Waals surface area contributed by atoms with Crippen molar-refractivity contribution in [1.82, 2.24) is 0 Å². The van der Waals surface area contributed by atoms with Gasteiger partial charge in [0.25, 0.3) is 5.91 Å². The van der Waals surface area contributed by atoms with E-state index in [4.69, 9.17) is 16.2 Å². The van der Waals surface area contributed by atoms with Gasteiger partial charge < -0.3 is 16.2 Å². The van der Waals surface area contributed by atoms with Gasteiger partial charge in [-0.15, -0.1) is 0 Å². The van der Waals surface area contributed by atoms with E-state index < -0.39 is 12.0 Å². The zero-order valence-corrected chi connectivity index (χ0v) is 9.64. The minimum Gasteiger partial charge on any atom is -0.481 e. The van der Waals surface area contributed by atoms with E-state index in [1.54, 1.807) is 6.92 Å². The van der Waals surface area contributed by atoms with Crippen molar-refractivity contribution >= 4 is 5.91 Å². The Morgan fingerprint density at radius 1 is 1.31 bits per heavy atom. The molecule has 0 aromatic heterocycles. The summed E-state index contributed by atoms with van der Waals surface area (Å²) in [5.41, 5.74) is 11.9. The van der Waals surface area contributed by atoms with Gasteiger partial charge >= 0.3 is 0 Å². The fourth-order valence-electron chi connectivity index (χ4n) is 1.34. The van der Waals surface area contributed by atoms with Crippen LogP contribution in [0.2, 0.25) is 0 Å². The van der Waals surface area contributed by atoms with Crippen LogP contribution in [0.25, 0.3) is 0 Å². The average molecular weight is 222 g/mol. The van der Waals surface area contributed by atoms with Gasteiger partial charge in [-0.05, 0) is 38.0 Å². The molecule has 0 bridgehead atoms. The number of amides is 1. The van der Waals surface area contributed by atoms with Crippen molar-refractivity contribution in [2.75, 3.05) is 0 Å². The Morgan fingerprint density at radius 3 is 2.31 bits per heavy atom. The molecule has 0 aliphatic rings. The summed E-state index contributed by atoms with van der Waals surface area (Å²) in [6.07, 6.45) is 0.213. The maximum Gasteiger partial charge on any atom is 0.258 e. The molecule has 4 N–H and O–H groups in total. The normalized spacial score (nSPS) is 14.2. The van der Waals surface area contributed by atoms with Gasteiger partial charge in [0.2, 0.25) is 0 Å². The highest BCUT2D eigenvalue weighted by molar-refractivity contribution is 5.78. The summed E-state index contributed by atoms with van der Waals surface area (Å²) in [5, 5.41) is 0. The van der Waals surface area contributed by atoms with E-state index in [1.807, 2.05) is 31.2 Å². The second-order valence-corrected chi connectivity index (χ2v) is 3.99. The second kappa shape index (κ2) is 5.51. The second-order valence-electron chi connectivity index (χ2n) is 3.99. The number of hydrogen-bond donors (Lipinski definition) is 2. The molecule has 0 spiro atoms. The van der Waals surface area contributed by atoms with Gasteiger partial charge in [0.15, 0.2) is 6.10 Å². The van der Waals surface area contributed by atoms with Crippen LogP contribution in [-0.4, -0.2) is 18.1 Å². The van der Waals surface area contributed by atoms with Crippen molar-refractivity contribution in [3.05, 3.63) is 29.8 Å². The van der Waals surface area contributed by atoms with Gasteiger partial charge in [-0.25, -0.2) is 0 Å². The molecule has 4 nitrogen and oxygen atoms in total. The van der Waals surface area contributed by atoms with Gasteiger partial charge in [0.05, 0.1) is 0 Å². The summed E-state index contributed by atoms with van der Waals surface area (Å²) in [6.45, 7) is 3.58. The van der Waals surface area contributed by atoms with E-state index in [0.717, 1.165) is 12.0 Å². The van der Waals surface area contributed by atoms with Crippen molar-refractivity contribution in [3.8, 4) is 5.75 Å². The summed E-state index contributed by atoms with van der Waals surface area (Å²) in [6, 6.07) is 7.64. The van der Waals surface area contributed by atoms with Gasteiger partial charge in [-0.3, -0.25) is 4.79 Å². The van der Waals surface area contributed by atoms with Crippen LogP contribution in [-0.2, 0) is 11.2 Å². The van der Waals surface area contributed by atoms with Gasteiger partial charge in [0, 0.05) is 6.04 Å². The number of hydrogen-bond acceptors (Lipinski definition) is 3. The van der Waals surface area contributed by atoms with Crippen LogP contribution >= 0.6 is 0 Å². The lowest BCUT2D eigenvalue weighted by atomic mass is 10.1. The highest BCUT2D eigenvalue weighted by atomic mass is 16.5. The maximum absolute atomic E-state index is 10.8. The van der Waals surface area contributed by atoms with Crippen molar-refractivity contribution in [2.24, 2.45) is 11.5 Å². The quantitative estimate of drug-likeness (QED) is 0.774. The Balaban J connectivity index is 2.61. The maximum atomic E-state index is 10.8. The number of rotatable bonds is 5. The molecule has 4 heteroatoms. The van der Waals surface area contributed by atoms with E-state index in [2.05, 4.69) is 0 Å². The molecule has 88 valence electrons. The Labute approximate surface area is 95.6 Å². The zero-order valence-electron chi connectivity index (χ0n) is 9.64. The monoisotopic (exact) mass is 222 g/mol. The molecular formula is C12H18N2O2. The first-order valence-electron chi connectivity index (χ1n) is 5.29. The zero-order chi connectivity index (χ0) is 12.1. The molecule has 1 rings (SSSR count). The van der Waals surface area contributed by atoms with E-state index in [-0.39, 0.29) is 6.04 Å². The number of carbonyl (C=O) groups excluding carboxylic acids is 1. The Bertz CT molecular complexity index is 347. The fourth-order valence-corrected chi connectivity index (χ4v) is 1.34. The molecule has 0 radical (unpaired) electrons. The average Bonchev–Trinajstić information content (AvgIpc) is 2.20. The molecule has 1 amide bonds.